The molecular weight excluding hydrogens is 537 g/mol. The van der Waals surface area contributed by atoms with Crippen LogP contribution in [-0.2, 0) is 23.8 Å². The summed E-state index contributed by atoms with van der Waals surface area (Å²) in [5, 5.41) is 2.48. The number of benzene rings is 1. The summed E-state index contributed by atoms with van der Waals surface area (Å²) in [5.41, 5.74) is 1.62. The lowest BCUT2D eigenvalue weighted by molar-refractivity contribution is -0.139. The minimum atomic E-state index is -3.61. The minimum absolute atomic E-state index is 0.0228. The number of halogens is 2. The average molecular weight is 558 g/mol. The number of carbonyl (C=O) groups is 1. The zero-order chi connectivity index (χ0) is 23.8. The lowest BCUT2D eigenvalue weighted by Crippen LogP contribution is -2.35. The molecule has 0 aliphatic carbocycles. The van der Waals surface area contributed by atoms with E-state index in [2.05, 4.69) is 20.9 Å². The molecule has 1 fully saturated rings. The Morgan fingerprint density at radius 3 is 2.82 bits per heavy atom. The number of ether oxygens (including phenoxy) is 1. The molecule has 0 spiro atoms. The Hall–Kier alpha value is -2.15. The van der Waals surface area contributed by atoms with Crippen LogP contribution >= 0.6 is 27.3 Å². The van der Waals surface area contributed by atoms with Gasteiger partial charge in [-0.15, -0.1) is 11.3 Å². The lowest BCUT2D eigenvalue weighted by Gasteiger charge is -2.32. The summed E-state index contributed by atoms with van der Waals surface area (Å²) in [6, 6.07) is 3.47. The highest BCUT2D eigenvalue weighted by Crippen LogP contribution is 2.44. The van der Waals surface area contributed by atoms with Gasteiger partial charge in [-0.05, 0) is 31.0 Å². The van der Waals surface area contributed by atoms with Gasteiger partial charge in [-0.2, -0.15) is 8.42 Å². The second-order valence-corrected chi connectivity index (χ2v) is 11.0. The standard InChI is InChI=1S/C21H21BrFN3O5S2/c1-3-30-21(27)17-16-8-12(11-31-33(2,28)29)10-26(16)19(20-24-6-7-32-20)25-18(17)14-5-4-13(23)9-15(14)22/h4-7,9,12,18H,3,8,10-11H2,1-2H3/t12?,18-/m0/s1. The SMILES string of the molecule is CCOC(=O)C1=C2CC(COS(C)(=O)=O)CN2C(c2nccs2)=N[C@H]1c1ccc(F)cc1Br. The Kier molecular flexibility index (Phi) is 6.99. The average Bonchev–Trinajstić information content (AvgIpc) is 3.41. The Balaban J connectivity index is 1.84. The van der Waals surface area contributed by atoms with Gasteiger partial charge in [-0.25, -0.2) is 14.2 Å². The summed E-state index contributed by atoms with van der Waals surface area (Å²) in [5.74, 6) is -0.572. The van der Waals surface area contributed by atoms with Gasteiger partial charge in [-0.3, -0.25) is 9.18 Å². The fraction of sp³-hybridized carbons (Fsp3) is 0.381. The van der Waals surface area contributed by atoms with E-state index in [0.717, 1.165) is 6.26 Å². The number of rotatable bonds is 7. The molecule has 2 aliphatic heterocycles. The summed E-state index contributed by atoms with van der Waals surface area (Å²) in [6.07, 6.45) is 3.06. The molecule has 0 radical (unpaired) electrons. The van der Waals surface area contributed by atoms with Crippen molar-refractivity contribution in [3.8, 4) is 0 Å². The highest BCUT2D eigenvalue weighted by atomic mass is 79.9. The number of aromatic nitrogens is 1. The first-order valence-electron chi connectivity index (χ1n) is 10.1. The van der Waals surface area contributed by atoms with Crippen molar-refractivity contribution in [1.82, 2.24) is 9.88 Å². The molecule has 1 aromatic carbocycles. The van der Waals surface area contributed by atoms with Gasteiger partial charge >= 0.3 is 5.97 Å². The van der Waals surface area contributed by atoms with E-state index in [0.29, 0.717) is 45.1 Å². The molecule has 0 N–H and O–H groups in total. The predicted octanol–water partition coefficient (Wildman–Crippen LogP) is 3.66. The van der Waals surface area contributed by atoms with Crippen molar-refractivity contribution in [2.24, 2.45) is 10.9 Å². The quantitative estimate of drug-likeness (QED) is 0.378. The molecule has 12 heteroatoms. The van der Waals surface area contributed by atoms with Gasteiger partial charge in [0.15, 0.2) is 10.8 Å². The first kappa shape index (κ1) is 24.0. The smallest absolute Gasteiger partial charge is 0.338 e. The first-order valence-corrected chi connectivity index (χ1v) is 13.6. The van der Waals surface area contributed by atoms with Crippen molar-refractivity contribution in [2.75, 3.05) is 26.0 Å². The third-order valence-electron chi connectivity index (χ3n) is 5.23. The van der Waals surface area contributed by atoms with Crippen LogP contribution < -0.4 is 0 Å². The van der Waals surface area contributed by atoms with E-state index < -0.39 is 27.9 Å². The lowest BCUT2D eigenvalue weighted by atomic mass is 9.94. The predicted molar refractivity (Wildman–Crippen MR) is 125 cm³/mol. The molecule has 2 aliphatic rings. The van der Waals surface area contributed by atoms with E-state index in [1.54, 1.807) is 19.2 Å². The third-order valence-corrected chi connectivity index (χ3v) is 7.25. The van der Waals surface area contributed by atoms with Gasteiger partial charge in [0.1, 0.15) is 11.9 Å². The van der Waals surface area contributed by atoms with Crippen LogP contribution in [0.2, 0.25) is 0 Å². The summed E-state index contributed by atoms with van der Waals surface area (Å²) in [6.45, 7) is 2.28. The number of allylic oxidation sites excluding steroid dienone is 1. The molecule has 176 valence electrons. The number of fused-ring (bicyclic) bond motifs is 1. The van der Waals surface area contributed by atoms with E-state index in [4.69, 9.17) is 13.9 Å². The van der Waals surface area contributed by atoms with Crippen LogP contribution in [0.4, 0.5) is 4.39 Å². The molecule has 0 saturated carbocycles. The topological polar surface area (TPSA) is 98.2 Å². The van der Waals surface area contributed by atoms with Gasteiger partial charge < -0.3 is 9.64 Å². The normalized spacial score (nSPS) is 20.6. The fourth-order valence-electron chi connectivity index (χ4n) is 3.92. The van der Waals surface area contributed by atoms with E-state index in [1.165, 1.54) is 23.5 Å². The molecule has 2 atom stereocenters. The molecule has 4 rings (SSSR count). The molecule has 3 heterocycles. The summed E-state index contributed by atoms with van der Waals surface area (Å²) in [7, 11) is -3.61. The van der Waals surface area contributed by atoms with Crippen molar-refractivity contribution in [1.29, 1.82) is 0 Å². The molecule has 2 aromatic rings. The number of hydrogen-bond donors (Lipinski definition) is 0. The van der Waals surface area contributed by atoms with Crippen LogP contribution in [0.1, 0.15) is 30.0 Å². The summed E-state index contributed by atoms with van der Waals surface area (Å²) < 4.78 is 47.7. The Morgan fingerprint density at radius 2 is 2.18 bits per heavy atom. The van der Waals surface area contributed by atoms with E-state index in [9.17, 15) is 17.6 Å². The van der Waals surface area contributed by atoms with Gasteiger partial charge in [0, 0.05) is 34.2 Å². The number of nitrogens with zero attached hydrogens (tertiary/aromatic N) is 3. The monoisotopic (exact) mass is 557 g/mol. The maximum absolute atomic E-state index is 13.8. The van der Waals surface area contributed by atoms with Gasteiger partial charge in [0.25, 0.3) is 10.1 Å². The van der Waals surface area contributed by atoms with Crippen molar-refractivity contribution in [3.05, 3.63) is 61.9 Å². The molecule has 1 saturated heterocycles. The van der Waals surface area contributed by atoms with E-state index >= 15 is 0 Å². The van der Waals surface area contributed by atoms with Gasteiger partial charge in [0.05, 0.1) is 25.0 Å². The number of thiazole rings is 1. The molecule has 8 nitrogen and oxygen atoms in total. The number of amidine groups is 1. The first-order chi connectivity index (χ1) is 15.7. The number of aliphatic imine (C=N–C) groups is 1. The number of esters is 1. The number of carbonyl (C=O) groups excluding carboxylic acids is 1. The number of hydrogen-bond acceptors (Lipinski definition) is 9. The second-order valence-electron chi connectivity index (χ2n) is 7.61. The molecule has 33 heavy (non-hydrogen) atoms. The van der Waals surface area contributed by atoms with E-state index in [1.807, 2.05) is 10.3 Å². The largest absolute Gasteiger partial charge is 0.463 e. The summed E-state index contributed by atoms with van der Waals surface area (Å²) >= 11 is 4.80. The van der Waals surface area contributed by atoms with Gasteiger partial charge in [-0.1, -0.05) is 22.0 Å². The van der Waals surface area contributed by atoms with Crippen LogP contribution in [0.15, 0.2) is 50.5 Å². The van der Waals surface area contributed by atoms with Crippen LogP contribution in [0.3, 0.4) is 0 Å². The zero-order valence-corrected chi connectivity index (χ0v) is 21.0. The van der Waals surface area contributed by atoms with Crippen LogP contribution in [0.25, 0.3) is 0 Å². The van der Waals surface area contributed by atoms with Crippen molar-refractivity contribution >= 4 is 49.2 Å². The van der Waals surface area contributed by atoms with Crippen molar-refractivity contribution in [3.63, 3.8) is 0 Å². The molecule has 0 bridgehead atoms. The molecule has 0 amide bonds. The van der Waals surface area contributed by atoms with Crippen LogP contribution in [0.5, 0.6) is 0 Å². The fourth-order valence-corrected chi connectivity index (χ4v) is 5.57. The van der Waals surface area contributed by atoms with Crippen molar-refractivity contribution in [2.45, 2.75) is 19.4 Å². The second kappa shape index (κ2) is 9.61. The third kappa shape index (κ3) is 5.18. The molecule has 1 unspecified atom stereocenters. The minimum Gasteiger partial charge on any atom is -0.463 e. The maximum Gasteiger partial charge on any atom is 0.338 e. The summed E-state index contributed by atoms with van der Waals surface area (Å²) in [4.78, 5) is 24.3. The maximum atomic E-state index is 13.8. The Morgan fingerprint density at radius 1 is 1.39 bits per heavy atom. The molecule has 1 aromatic heterocycles. The molecular formula is C21H21BrFN3O5S2. The zero-order valence-electron chi connectivity index (χ0n) is 17.8. The van der Waals surface area contributed by atoms with Crippen LogP contribution in [0, 0.1) is 11.7 Å². The van der Waals surface area contributed by atoms with Crippen LogP contribution in [-0.4, -0.2) is 56.1 Å². The Bertz CT molecular complexity index is 1230. The van der Waals surface area contributed by atoms with Crippen molar-refractivity contribution < 1.29 is 26.5 Å². The highest BCUT2D eigenvalue weighted by Gasteiger charge is 2.42. The van der Waals surface area contributed by atoms with Gasteiger partial charge in [0.2, 0.25) is 0 Å². The highest BCUT2D eigenvalue weighted by molar-refractivity contribution is 9.10. The Labute approximate surface area is 203 Å². The van der Waals surface area contributed by atoms with E-state index in [-0.39, 0.29) is 19.1 Å².